The molecule has 0 atom stereocenters. The van der Waals surface area contributed by atoms with Crippen LogP contribution >= 0.6 is 0 Å². The number of esters is 1. The summed E-state index contributed by atoms with van der Waals surface area (Å²) in [6.07, 6.45) is 2.90. The zero-order valence-corrected chi connectivity index (χ0v) is 9.17. The topological polar surface area (TPSA) is 97.0 Å². The highest BCUT2D eigenvalue weighted by atomic mass is 16.5. The molecule has 0 bridgehead atoms. The zero-order valence-electron chi connectivity index (χ0n) is 9.17. The Morgan fingerprint density at radius 3 is 2.59 bits per heavy atom. The highest BCUT2D eigenvalue weighted by molar-refractivity contribution is 5.84. The fourth-order valence-corrected chi connectivity index (χ4v) is 0.696. The molecule has 0 saturated carbocycles. The van der Waals surface area contributed by atoms with Gasteiger partial charge in [0.1, 0.15) is 0 Å². The zero-order chi connectivity index (χ0) is 13.1. The van der Waals surface area contributed by atoms with Crippen LogP contribution in [0.5, 0.6) is 0 Å². The van der Waals surface area contributed by atoms with E-state index in [1.807, 2.05) is 0 Å². The van der Waals surface area contributed by atoms with Crippen molar-refractivity contribution in [2.75, 3.05) is 13.2 Å². The minimum Gasteiger partial charge on any atom is -0.475 e. The molecule has 1 rings (SSSR count). The average molecular weight is 242 g/mol. The Hall–Kier alpha value is -2.08. The lowest BCUT2D eigenvalue weighted by Gasteiger charge is -1.96. The Kier molecular flexibility index (Phi) is 8.05. The number of aliphatic hydroxyl groups excluding tert-OH is 1. The van der Waals surface area contributed by atoms with Gasteiger partial charge in [0.2, 0.25) is 5.76 Å². The van der Waals surface area contributed by atoms with Crippen molar-refractivity contribution in [3.63, 3.8) is 0 Å². The van der Waals surface area contributed by atoms with Crippen molar-refractivity contribution in [2.24, 2.45) is 0 Å². The van der Waals surface area contributed by atoms with E-state index in [2.05, 4.69) is 15.7 Å². The number of aromatic carboxylic acids is 1. The molecule has 1 aromatic rings. The lowest BCUT2D eigenvalue weighted by atomic mass is 10.5. The molecular weight excluding hydrogens is 228 g/mol. The van der Waals surface area contributed by atoms with Gasteiger partial charge in [-0.3, -0.25) is 0 Å². The number of rotatable bonds is 5. The number of carbonyl (C=O) groups excluding carboxylic acids is 1. The van der Waals surface area contributed by atoms with Crippen LogP contribution in [-0.2, 0) is 9.53 Å². The summed E-state index contributed by atoms with van der Waals surface area (Å²) < 4.78 is 9.01. The first-order valence-electron chi connectivity index (χ1n) is 4.78. The Bertz CT molecular complexity index is 341. The SMILES string of the molecule is C=CC(=O)OCCCO.O=C(O)c1ccco1. The van der Waals surface area contributed by atoms with Gasteiger partial charge in [-0.05, 0) is 12.1 Å². The van der Waals surface area contributed by atoms with Crippen LogP contribution in [0.4, 0.5) is 0 Å². The van der Waals surface area contributed by atoms with Gasteiger partial charge in [0.05, 0.1) is 12.9 Å². The predicted octanol–water partition coefficient (Wildman–Crippen LogP) is 1.08. The normalized spacial score (nSPS) is 8.76. The first kappa shape index (κ1) is 14.9. The third-order valence-corrected chi connectivity index (χ3v) is 1.45. The number of hydrogen-bond acceptors (Lipinski definition) is 5. The number of carbonyl (C=O) groups is 2. The van der Waals surface area contributed by atoms with Gasteiger partial charge in [0, 0.05) is 19.1 Å². The summed E-state index contributed by atoms with van der Waals surface area (Å²) in [5.41, 5.74) is 0. The van der Waals surface area contributed by atoms with E-state index < -0.39 is 11.9 Å². The molecule has 2 N–H and O–H groups in total. The molecule has 0 aliphatic rings. The summed E-state index contributed by atoms with van der Waals surface area (Å²) in [5.74, 6) is -1.50. The van der Waals surface area contributed by atoms with Crippen LogP contribution in [0.15, 0.2) is 35.5 Å². The van der Waals surface area contributed by atoms with Crippen molar-refractivity contribution < 1.29 is 29.0 Å². The van der Waals surface area contributed by atoms with Crippen molar-refractivity contribution in [2.45, 2.75) is 6.42 Å². The number of carboxylic acid groups (broad SMARTS) is 1. The van der Waals surface area contributed by atoms with Crippen molar-refractivity contribution in [1.82, 2.24) is 0 Å². The van der Waals surface area contributed by atoms with E-state index in [4.69, 9.17) is 10.2 Å². The molecule has 94 valence electrons. The highest BCUT2D eigenvalue weighted by Crippen LogP contribution is 1.97. The standard InChI is InChI=1S/C6H10O3.C5H4O3/c1-2-6(8)9-5-3-4-7;6-5(7)4-2-1-3-8-4/h2,7H,1,3-5H2;1-3H,(H,6,7). The maximum atomic E-state index is 10.3. The summed E-state index contributed by atoms with van der Waals surface area (Å²) in [6, 6.07) is 2.92. The van der Waals surface area contributed by atoms with Gasteiger partial charge in [-0.15, -0.1) is 0 Å². The molecule has 0 aromatic carbocycles. The summed E-state index contributed by atoms with van der Waals surface area (Å²) in [6.45, 7) is 3.51. The van der Waals surface area contributed by atoms with E-state index in [0.29, 0.717) is 6.42 Å². The second-order valence-electron chi connectivity index (χ2n) is 2.73. The van der Waals surface area contributed by atoms with Crippen LogP contribution in [-0.4, -0.2) is 35.4 Å². The van der Waals surface area contributed by atoms with Crippen LogP contribution in [0.2, 0.25) is 0 Å². The lowest BCUT2D eigenvalue weighted by Crippen LogP contribution is -2.02. The summed E-state index contributed by atoms with van der Waals surface area (Å²) >= 11 is 0. The van der Waals surface area contributed by atoms with Gasteiger partial charge in [-0.2, -0.15) is 0 Å². The molecule has 0 fully saturated rings. The van der Waals surface area contributed by atoms with E-state index in [1.165, 1.54) is 18.4 Å². The maximum Gasteiger partial charge on any atom is 0.371 e. The Balaban J connectivity index is 0.000000302. The summed E-state index contributed by atoms with van der Waals surface area (Å²) in [7, 11) is 0. The second kappa shape index (κ2) is 9.17. The van der Waals surface area contributed by atoms with Gasteiger partial charge in [0.25, 0.3) is 0 Å². The van der Waals surface area contributed by atoms with Crippen molar-refractivity contribution in [1.29, 1.82) is 0 Å². The monoisotopic (exact) mass is 242 g/mol. The molecule has 17 heavy (non-hydrogen) atoms. The average Bonchev–Trinajstić information content (AvgIpc) is 2.83. The van der Waals surface area contributed by atoms with Crippen LogP contribution in [0.3, 0.4) is 0 Å². The first-order chi connectivity index (χ1) is 8.11. The fraction of sp³-hybridized carbons (Fsp3) is 0.273. The van der Waals surface area contributed by atoms with E-state index in [-0.39, 0.29) is 19.0 Å². The number of ether oxygens (including phenoxy) is 1. The highest BCUT2D eigenvalue weighted by Gasteiger charge is 2.01. The van der Waals surface area contributed by atoms with Crippen molar-refractivity contribution in [3.05, 3.63) is 36.8 Å². The van der Waals surface area contributed by atoms with Gasteiger partial charge in [0.15, 0.2) is 0 Å². The van der Waals surface area contributed by atoms with Crippen LogP contribution < -0.4 is 0 Å². The number of carboxylic acids is 1. The third kappa shape index (κ3) is 7.80. The lowest BCUT2D eigenvalue weighted by molar-refractivity contribution is -0.137. The molecular formula is C11H14O6. The minimum absolute atomic E-state index is 0.0231. The molecule has 0 unspecified atom stereocenters. The van der Waals surface area contributed by atoms with Crippen LogP contribution in [0.25, 0.3) is 0 Å². The van der Waals surface area contributed by atoms with Gasteiger partial charge >= 0.3 is 11.9 Å². The third-order valence-electron chi connectivity index (χ3n) is 1.45. The van der Waals surface area contributed by atoms with Crippen LogP contribution in [0.1, 0.15) is 17.0 Å². The molecule has 6 nitrogen and oxygen atoms in total. The molecule has 6 heteroatoms. The Morgan fingerprint density at radius 1 is 1.53 bits per heavy atom. The predicted molar refractivity (Wildman–Crippen MR) is 58.5 cm³/mol. The molecule has 1 heterocycles. The molecule has 0 spiro atoms. The van der Waals surface area contributed by atoms with E-state index in [1.54, 1.807) is 0 Å². The fourth-order valence-electron chi connectivity index (χ4n) is 0.696. The number of furan rings is 1. The number of aliphatic hydroxyl groups is 1. The first-order valence-corrected chi connectivity index (χ1v) is 4.78. The molecule has 1 aromatic heterocycles. The molecule has 0 aliphatic heterocycles. The van der Waals surface area contributed by atoms with Crippen molar-refractivity contribution in [3.8, 4) is 0 Å². The number of hydrogen-bond donors (Lipinski definition) is 2. The minimum atomic E-state index is -1.03. The Labute approximate surface area is 98.1 Å². The molecule has 0 saturated heterocycles. The van der Waals surface area contributed by atoms with Gasteiger partial charge in [-0.1, -0.05) is 6.58 Å². The van der Waals surface area contributed by atoms with Gasteiger partial charge < -0.3 is 19.4 Å². The molecule has 0 aliphatic carbocycles. The quantitative estimate of drug-likeness (QED) is 0.455. The second-order valence-corrected chi connectivity index (χ2v) is 2.73. The van der Waals surface area contributed by atoms with E-state index >= 15 is 0 Å². The smallest absolute Gasteiger partial charge is 0.371 e. The van der Waals surface area contributed by atoms with E-state index in [0.717, 1.165) is 6.08 Å². The molecule has 0 radical (unpaired) electrons. The van der Waals surface area contributed by atoms with Gasteiger partial charge in [-0.25, -0.2) is 9.59 Å². The Morgan fingerprint density at radius 2 is 2.24 bits per heavy atom. The van der Waals surface area contributed by atoms with Crippen molar-refractivity contribution >= 4 is 11.9 Å². The summed E-state index contributed by atoms with van der Waals surface area (Å²) in [5, 5.41) is 16.4. The van der Waals surface area contributed by atoms with Crippen LogP contribution in [0, 0.1) is 0 Å². The maximum absolute atomic E-state index is 10.3. The van der Waals surface area contributed by atoms with E-state index in [9.17, 15) is 9.59 Å². The summed E-state index contributed by atoms with van der Waals surface area (Å²) in [4.78, 5) is 20.2. The molecule has 0 amide bonds. The largest absolute Gasteiger partial charge is 0.475 e.